The van der Waals surface area contributed by atoms with Gasteiger partial charge in [0.1, 0.15) is 0 Å². The summed E-state index contributed by atoms with van der Waals surface area (Å²) in [5.74, 6) is 0. The van der Waals surface area contributed by atoms with Gasteiger partial charge in [-0.1, -0.05) is 0 Å². The van der Waals surface area contributed by atoms with Crippen molar-refractivity contribution in [3.63, 3.8) is 0 Å². The fourth-order valence-corrected chi connectivity index (χ4v) is 9.31. The topological polar surface area (TPSA) is 39.3 Å². The molecule has 3 N–H and O–H groups in total. The molecule has 3 aliphatic rings. The van der Waals surface area contributed by atoms with Crippen LogP contribution >= 0.6 is 0 Å². The van der Waals surface area contributed by atoms with E-state index >= 15 is 0 Å². The van der Waals surface area contributed by atoms with Crippen LogP contribution in [0.15, 0.2) is 30.3 Å². The van der Waals surface area contributed by atoms with Gasteiger partial charge in [0.15, 0.2) is 0 Å². The van der Waals surface area contributed by atoms with Crippen LogP contribution in [0.1, 0.15) is 0 Å². The molecule has 0 aromatic heterocycles. The second-order valence-electron chi connectivity index (χ2n) is 4.74. The fraction of sp³-hybridized carbons (Fsp3) is 0.500. The van der Waals surface area contributed by atoms with Gasteiger partial charge in [-0.3, -0.25) is 0 Å². The quantitative estimate of drug-likeness (QED) is 0.577. The van der Waals surface area contributed by atoms with Gasteiger partial charge < -0.3 is 0 Å². The van der Waals surface area contributed by atoms with Gasteiger partial charge in [-0.05, 0) is 0 Å². The Labute approximate surface area is 106 Å². The van der Waals surface area contributed by atoms with Crippen LogP contribution in [0.5, 0.6) is 0 Å². The molecule has 0 aliphatic carbocycles. The van der Waals surface area contributed by atoms with Crippen LogP contribution in [0, 0.1) is 0 Å². The molecule has 17 heavy (non-hydrogen) atoms. The van der Waals surface area contributed by atoms with E-state index in [9.17, 15) is 0 Å². The van der Waals surface area contributed by atoms with Gasteiger partial charge in [0, 0.05) is 0 Å². The van der Waals surface area contributed by atoms with Gasteiger partial charge >= 0.3 is 106 Å². The van der Waals surface area contributed by atoms with Crippen molar-refractivity contribution in [3.05, 3.63) is 30.3 Å². The van der Waals surface area contributed by atoms with E-state index in [-0.39, 0.29) is 0 Å². The van der Waals surface area contributed by atoms with E-state index in [1.54, 1.807) is 0 Å². The molecular formula is C12H20GeN4. The van der Waals surface area contributed by atoms with Crippen molar-refractivity contribution < 1.29 is 0 Å². The second-order valence-corrected chi connectivity index (χ2v) is 11.3. The summed E-state index contributed by atoms with van der Waals surface area (Å²) in [5.41, 5.74) is 0. The Morgan fingerprint density at radius 2 is 1.35 bits per heavy atom. The number of benzene rings is 1. The normalized spacial score (nSPS) is 33.8. The van der Waals surface area contributed by atoms with E-state index in [0.29, 0.717) is 0 Å². The van der Waals surface area contributed by atoms with Gasteiger partial charge in [0.2, 0.25) is 0 Å². The van der Waals surface area contributed by atoms with E-state index in [1.165, 1.54) is 24.0 Å². The van der Waals surface area contributed by atoms with Gasteiger partial charge in [-0.15, -0.1) is 0 Å². The number of rotatable bonds is 1. The first-order chi connectivity index (χ1) is 8.39. The van der Waals surface area contributed by atoms with E-state index in [0.717, 1.165) is 19.6 Å². The fourth-order valence-electron chi connectivity index (χ4n) is 2.72. The summed E-state index contributed by atoms with van der Waals surface area (Å²) in [6.45, 7) is 6.83. The number of nitrogens with one attached hydrogen (secondary N) is 3. The molecule has 0 amide bonds. The summed E-state index contributed by atoms with van der Waals surface area (Å²) in [7, 11) is 0. The molecule has 0 unspecified atom stereocenters. The molecular weight excluding hydrogens is 273 g/mol. The SMILES string of the molecule is c1cc[c]([Ge]23[NH]CCN(CC[NH]2)CC[NH]3)cc1. The number of hydrogen-bond donors (Lipinski definition) is 3. The van der Waals surface area contributed by atoms with Gasteiger partial charge in [-0.2, -0.15) is 0 Å². The van der Waals surface area contributed by atoms with Crippen molar-refractivity contribution in [2.45, 2.75) is 0 Å². The van der Waals surface area contributed by atoms with Crippen LogP contribution in [0.4, 0.5) is 0 Å². The zero-order valence-electron chi connectivity index (χ0n) is 10.1. The Bertz CT molecular complexity index is 343. The third kappa shape index (κ3) is 2.41. The molecule has 2 bridgehead atoms. The van der Waals surface area contributed by atoms with Crippen molar-refractivity contribution in [2.24, 2.45) is 0 Å². The van der Waals surface area contributed by atoms with E-state index in [2.05, 4.69) is 48.1 Å². The predicted octanol–water partition coefficient (Wildman–Crippen LogP) is -1.07. The Hall–Kier alpha value is -0.397. The standard InChI is InChI=1S/C12H20GeN4/c1-2-4-12(5-3-1)13-14-6-9-17(10-7-15-13)11-8-16-13/h1-5,14-16H,6-11H2. The van der Waals surface area contributed by atoms with Crippen LogP contribution in [-0.2, 0) is 0 Å². The Morgan fingerprint density at radius 1 is 0.824 bits per heavy atom. The maximum atomic E-state index is 3.81. The Balaban J connectivity index is 1.91. The summed E-state index contributed by atoms with van der Waals surface area (Å²) < 4.78 is 12.9. The van der Waals surface area contributed by atoms with Gasteiger partial charge in [0.05, 0.1) is 0 Å². The first-order valence-corrected chi connectivity index (χ1v) is 10.6. The molecule has 5 heteroatoms. The third-order valence-electron chi connectivity index (χ3n) is 3.66. The summed E-state index contributed by atoms with van der Waals surface area (Å²) in [4.78, 5) is 2.52. The van der Waals surface area contributed by atoms with Crippen molar-refractivity contribution >= 4 is 18.3 Å². The molecule has 3 aliphatic heterocycles. The second kappa shape index (κ2) is 5.08. The van der Waals surface area contributed by atoms with E-state index in [1.807, 2.05) is 0 Å². The monoisotopic (exact) mass is 294 g/mol. The summed E-state index contributed by atoms with van der Waals surface area (Å²) in [6, 6.07) is 10.9. The van der Waals surface area contributed by atoms with Crippen LogP contribution < -0.4 is 17.2 Å². The predicted molar refractivity (Wildman–Crippen MR) is 72.3 cm³/mol. The molecule has 3 fully saturated rings. The van der Waals surface area contributed by atoms with E-state index in [4.69, 9.17) is 0 Å². The number of hydrogen-bond acceptors (Lipinski definition) is 4. The zero-order chi connectivity index (χ0) is 11.6. The Morgan fingerprint density at radius 3 is 1.88 bits per heavy atom. The van der Waals surface area contributed by atoms with Crippen molar-refractivity contribution in [2.75, 3.05) is 39.3 Å². The zero-order valence-corrected chi connectivity index (χ0v) is 12.2. The molecule has 0 spiro atoms. The third-order valence-corrected chi connectivity index (χ3v) is 11.1. The van der Waals surface area contributed by atoms with Gasteiger partial charge in [0.25, 0.3) is 0 Å². The molecule has 4 nitrogen and oxygen atoms in total. The molecule has 3 saturated heterocycles. The number of fused-ring (bicyclic) bond motifs is 6. The average molecular weight is 293 g/mol. The summed E-state index contributed by atoms with van der Waals surface area (Å²) in [5, 5.41) is 0. The molecule has 92 valence electrons. The average Bonchev–Trinajstić information content (AvgIpc) is 2.28. The molecule has 3 heterocycles. The van der Waals surface area contributed by atoms with E-state index < -0.39 is 13.9 Å². The van der Waals surface area contributed by atoms with Crippen molar-refractivity contribution in [3.8, 4) is 0 Å². The molecule has 1 aromatic carbocycles. The van der Waals surface area contributed by atoms with Crippen molar-refractivity contribution in [1.29, 1.82) is 0 Å². The van der Waals surface area contributed by atoms with Gasteiger partial charge in [-0.25, -0.2) is 0 Å². The minimum absolute atomic E-state index is 1.09. The summed E-state index contributed by atoms with van der Waals surface area (Å²) in [6.07, 6.45) is 0. The number of nitrogens with zero attached hydrogens (tertiary/aromatic N) is 1. The van der Waals surface area contributed by atoms with Crippen molar-refractivity contribution in [1.82, 2.24) is 17.7 Å². The summed E-state index contributed by atoms with van der Waals surface area (Å²) >= 11 is -2.45. The minimum atomic E-state index is -2.45. The Kier molecular flexibility index (Phi) is 3.49. The van der Waals surface area contributed by atoms with Crippen LogP contribution in [0.2, 0.25) is 0 Å². The molecule has 1 aromatic rings. The molecule has 0 radical (unpaired) electrons. The molecule has 0 saturated carbocycles. The molecule has 0 atom stereocenters. The van der Waals surface area contributed by atoms with Crippen LogP contribution in [-0.4, -0.2) is 58.1 Å². The maximum absolute atomic E-state index is 3.81. The van der Waals surface area contributed by atoms with Crippen LogP contribution in [0.25, 0.3) is 0 Å². The first kappa shape index (κ1) is 11.7. The molecule has 4 rings (SSSR count). The first-order valence-electron chi connectivity index (χ1n) is 6.42. The van der Waals surface area contributed by atoms with Crippen LogP contribution in [0.3, 0.4) is 0 Å².